The lowest BCUT2D eigenvalue weighted by Gasteiger charge is -2.27. The molecule has 2 atom stereocenters. The molecular weight excluding hydrogens is 178 g/mol. The molecule has 0 bridgehead atoms. The van der Waals surface area contributed by atoms with E-state index < -0.39 is 0 Å². The zero-order chi connectivity index (χ0) is 10.6. The molecule has 1 aliphatic rings. The first-order chi connectivity index (χ1) is 6.63. The third-order valence-corrected chi connectivity index (χ3v) is 2.97. The van der Waals surface area contributed by atoms with Crippen LogP contribution in [-0.4, -0.2) is 67.3 Å². The number of aliphatic hydroxyl groups excluding tert-OH is 1. The summed E-state index contributed by atoms with van der Waals surface area (Å²) < 4.78 is 0. The van der Waals surface area contributed by atoms with Crippen LogP contribution < -0.4 is 5.73 Å². The van der Waals surface area contributed by atoms with Crippen LogP contribution in [0.1, 0.15) is 12.8 Å². The summed E-state index contributed by atoms with van der Waals surface area (Å²) in [7, 11) is 4.25. The Labute approximate surface area is 86.7 Å². The molecule has 1 saturated heterocycles. The third-order valence-electron chi connectivity index (χ3n) is 2.97. The molecule has 4 heteroatoms. The first-order valence-corrected chi connectivity index (χ1v) is 5.38. The van der Waals surface area contributed by atoms with E-state index >= 15 is 0 Å². The summed E-state index contributed by atoms with van der Waals surface area (Å²) in [5, 5.41) is 8.83. The average Bonchev–Trinajstić information content (AvgIpc) is 2.51. The Balaban J connectivity index is 2.22. The van der Waals surface area contributed by atoms with E-state index in [-0.39, 0.29) is 12.6 Å². The maximum atomic E-state index is 8.83. The summed E-state index contributed by atoms with van der Waals surface area (Å²) in [4.78, 5) is 4.62. The predicted molar refractivity (Wildman–Crippen MR) is 58.2 cm³/mol. The van der Waals surface area contributed by atoms with Crippen LogP contribution in [0.3, 0.4) is 0 Å². The molecule has 1 aliphatic heterocycles. The number of hydrogen-bond acceptors (Lipinski definition) is 4. The Bertz CT molecular complexity index is 165. The number of nitrogens with zero attached hydrogens (tertiary/aromatic N) is 2. The minimum absolute atomic E-state index is 0.0743. The molecule has 84 valence electrons. The summed E-state index contributed by atoms with van der Waals surface area (Å²) in [6.07, 6.45) is 2.59. The van der Waals surface area contributed by atoms with Gasteiger partial charge in [0.25, 0.3) is 0 Å². The van der Waals surface area contributed by atoms with Crippen molar-refractivity contribution in [1.82, 2.24) is 9.80 Å². The quantitative estimate of drug-likeness (QED) is 0.619. The number of rotatable bonds is 5. The van der Waals surface area contributed by atoms with Gasteiger partial charge in [-0.15, -0.1) is 0 Å². The van der Waals surface area contributed by atoms with Gasteiger partial charge in [0.2, 0.25) is 0 Å². The van der Waals surface area contributed by atoms with E-state index in [0.717, 1.165) is 13.1 Å². The number of likely N-dealkylation sites (tertiary alicyclic amines) is 1. The molecule has 14 heavy (non-hydrogen) atoms. The Morgan fingerprint density at radius 2 is 2.36 bits per heavy atom. The molecule has 0 amide bonds. The molecule has 4 nitrogen and oxygen atoms in total. The number of hydrogen-bond donors (Lipinski definition) is 2. The van der Waals surface area contributed by atoms with Crippen LogP contribution in [0.4, 0.5) is 0 Å². The van der Waals surface area contributed by atoms with Gasteiger partial charge in [-0.3, -0.25) is 0 Å². The molecule has 1 heterocycles. The van der Waals surface area contributed by atoms with Crippen molar-refractivity contribution in [2.75, 3.05) is 40.3 Å². The van der Waals surface area contributed by atoms with E-state index in [2.05, 4.69) is 23.9 Å². The Morgan fingerprint density at radius 1 is 1.64 bits per heavy atom. The first kappa shape index (κ1) is 11.9. The second-order valence-corrected chi connectivity index (χ2v) is 4.44. The Kier molecular flexibility index (Phi) is 4.81. The molecule has 0 aromatic carbocycles. The molecule has 1 rings (SSSR count). The summed E-state index contributed by atoms with van der Waals surface area (Å²) in [6.45, 7) is 3.13. The minimum atomic E-state index is -0.105. The van der Waals surface area contributed by atoms with E-state index in [1.165, 1.54) is 19.4 Å². The highest BCUT2D eigenvalue weighted by atomic mass is 16.3. The average molecular weight is 201 g/mol. The maximum absolute atomic E-state index is 8.83. The van der Waals surface area contributed by atoms with Crippen LogP contribution in [-0.2, 0) is 0 Å². The normalized spacial score (nSPS) is 25.9. The zero-order valence-electron chi connectivity index (χ0n) is 9.32. The van der Waals surface area contributed by atoms with Gasteiger partial charge in [-0.05, 0) is 33.5 Å². The second-order valence-electron chi connectivity index (χ2n) is 4.44. The van der Waals surface area contributed by atoms with Crippen molar-refractivity contribution >= 4 is 0 Å². The smallest absolute Gasteiger partial charge is 0.0595 e. The lowest BCUT2D eigenvalue weighted by atomic mass is 10.2. The van der Waals surface area contributed by atoms with Crippen LogP contribution >= 0.6 is 0 Å². The fraction of sp³-hybridized carbons (Fsp3) is 1.00. The second kappa shape index (κ2) is 5.66. The largest absolute Gasteiger partial charge is 0.395 e. The van der Waals surface area contributed by atoms with Gasteiger partial charge in [0, 0.05) is 25.2 Å². The van der Waals surface area contributed by atoms with Gasteiger partial charge in [0.1, 0.15) is 0 Å². The molecule has 0 saturated carbocycles. The zero-order valence-corrected chi connectivity index (χ0v) is 9.32. The molecule has 0 aliphatic carbocycles. The van der Waals surface area contributed by atoms with Crippen LogP contribution in [0.15, 0.2) is 0 Å². The van der Waals surface area contributed by atoms with E-state index in [4.69, 9.17) is 10.8 Å². The van der Waals surface area contributed by atoms with Crippen LogP contribution in [0.25, 0.3) is 0 Å². The number of likely N-dealkylation sites (N-methyl/N-ethyl adjacent to an activating group) is 2. The van der Waals surface area contributed by atoms with Gasteiger partial charge in [0.05, 0.1) is 6.61 Å². The first-order valence-electron chi connectivity index (χ1n) is 5.38. The molecule has 2 unspecified atom stereocenters. The summed E-state index contributed by atoms with van der Waals surface area (Å²) in [6, 6.07) is 0.567. The third kappa shape index (κ3) is 3.53. The van der Waals surface area contributed by atoms with Crippen molar-refractivity contribution in [3.05, 3.63) is 0 Å². The monoisotopic (exact) mass is 201 g/mol. The summed E-state index contributed by atoms with van der Waals surface area (Å²) >= 11 is 0. The van der Waals surface area contributed by atoms with Crippen molar-refractivity contribution < 1.29 is 5.11 Å². The SMILES string of the molecule is CN(CC(N)CO)CC1CCCN1C. The van der Waals surface area contributed by atoms with E-state index in [1.807, 2.05) is 0 Å². The van der Waals surface area contributed by atoms with Gasteiger partial charge >= 0.3 is 0 Å². The molecule has 0 aromatic rings. The molecule has 0 spiro atoms. The van der Waals surface area contributed by atoms with Crippen LogP contribution in [0, 0.1) is 0 Å². The van der Waals surface area contributed by atoms with Crippen LogP contribution in [0.2, 0.25) is 0 Å². The fourth-order valence-corrected chi connectivity index (χ4v) is 2.10. The van der Waals surface area contributed by atoms with E-state index in [9.17, 15) is 0 Å². The molecule has 0 radical (unpaired) electrons. The topological polar surface area (TPSA) is 52.7 Å². The van der Waals surface area contributed by atoms with E-state index in [1.54, 1.807) is 0 Å². The highest BCUT2D eigenvalue weighted by Gasteiger charge is 2.22. The van der Waals surface area contributed by atoms with Gasteiger partial charge in [-0.25, -0.2) is 0 Å². The lowest BCUT2D eigenvalue weighted by Crippen LogP contribution is -2.43. The Hall–Kier alpha value is -0.160. The van der Waals surface area contributed by atoms with Gasteiger partial charge < -0.3 is 20.6 Å². The van der Waals surface area contributed by atoms with Crippen LogP contribution in [0.5, 0.6) is 0 Å². The lowest BCUT2D eigenvalue weighted by molar-refractivity contribution is 0.186. The molecule has 1 fully saturated rings. The molecule has 3 N–H and O–H groups in total. The summed E-state index contributed by atoms with van der Waals surface area (Å²) in [5.41, 5.74) is 5.68. The highest BCUT2D eigenvalue weighted by molar-refractivity contribution is 4.79. The van der Waals surface area contributed by atoms with Crippen molar-refractivity contribution in [3.63, 3.8) is 0 Å². The van der Waals surface area contributed by atoms with Crippen molar-refractivity contribution in [2.24, 2.45) is 5.73 Å². The maximum Gasteiger partial charge on any atom is 0.0595 e. The molecular formula is C10H23N3O. The standard InChI is InChI=1S/C10H23N3O/c1-12(6-9(11)8-14)7-10-4-3-5-13(10)2/h9-10,14H,3-8,11H2,1-2H3. The van der Waals surface area contributed by atoms with Crippen molar-refractivity contribution in [1.29, 1.82) is 0 Å². The molecule has 0 aromatic heterocycles. The van der Waals surface area contributed by atoms with Crippen molar-refractivity contribution in [3.8, 4) is 0 Å². The van der Waals surface area contributed by atoms with Gasteiger partial charge in [0.15, 0.2) is 0 Å². The highest BCUT2D eigenvalue weighted by Crippen LogP contribution is 2.15. The summed E-state index contributed by atoms with van der Waals surface area (Å²) in [5.74, 6) is 0. The minimum Gasteiger partial charge on any atom is -0.395 e. The van der Waals surface area contributed by atoms with Gasteiger partial charge in [-0.1, -0.05) is 0 Å². The van der Waals surface area contributed by atoms with Crippen molar-refractivity contribution in [2.45, 2.75) is 24.9 Å². The Morgan fingerprint density at radius 3 is 2.86 bits per heavy atom. The number of aliphatic hydroxyl groups is 1. The van der Waals surface area contributed by atoms with Gasteiger partial charge in [-0.2, -0.15) is 0 Å². The predicted octanol–water partition coefficient (Wildman–Crippen LogP) is -0.668. The fourth-order valence-electron chi connectivity index (χ4n) is 2.10. The number of nitrogens with two attached hydrogens (primary N) is 1. The van der Waals surface area contributed by atoms with E-state index in [0.29, 0.717) is 6.04 Å².